The Bertz CT molecular complexity index is 1250. The molecule has 9 nitrogen and oxygen atoms in total. The molecule has 4 heterocycles. The van der Waals surface area contributed by atoms with Crippen LogP contribution in [0.3, 0.4) is 0 Å². The number of rotatable bonds is 5. The first-order valence-electron chi connectivity index (χ1n) is 11.6. The number of piperidine rings is 1. The number of hydrogen-bond acceptors (Lipinski definition) is 6. The highest BCUT2D eigenvalue weighted by molar-refractivity contribution is 7.22. The molecular weight excluding hydrogens is 478 g/mol. The van der Waals surface area contributed by atoms with Gasteiger partial charge in [0.25, 0.3) is 12.0 Å². The summed E-state index contributed by atoms with van der Waals surface area (Å²) >= 11 is 7.61. The molecule has 1 amide bonds. The zero-order chi connectivity index (χ0) is 24.4. The fraction of sp³-hybridized carbons (Fsp3) is 0.565. The fourth-order valence-corrected chi connectivity index (χ4v) is 6.02. The van der Waals surface area contributed by atoms with E-state index >= 15 is 0 Å². The minimum atomic E-state index is -0.251. The lowest BCUT2D eigenvalue weighted by Crippen LogP contribution is -2.53. The molecule has 34 heavy (non-hydrogen) atoms. The van der Waals surface area contributed by atoms with Gasteiger partial charge in [-0.2, -0.15) is 5.10 Å². The van der Waals surface area contributed by atoms with Gasteiger partial charge in [-0.05, 0) is 44.4 Å². The Kier molecular flexibility index (Phi) is 7.59. The third kappa shape index (κ3) is 4.99. The van der Waals surface area contributed by atoms with Gasteiger partial charge in [-0.1, -0.05) is 31.9 Å². The minimum Gasteiger partial charge on any atom is -0.483 e. The van der Waals surface area contributed by atoms with E-state index in [0.717, 1.165) is 42.0 Å². The molecule has 3 aromatic rings. The number of amides is 1. The topological polar surface area (TPSA) is 109 Å². The van der Waals surface area contributed by atoms with Gasteiger partial charge < -0.3 is 10.4 Å². The van der Waals surface area contributed by atoms with E-state index in [1.807, 2.05) is 30.4 Å². The molecule has 2 aliphatic rings. The first-order valence-corrected chi connectivity index (χ1v) is 12.8. The van der Waals surface area contributed by atoms with Gasteiger partial charge in [0, 0.05) is 29.9 Å². The van der Waals surface area contributed by atoms with Gasteiger partial charge in [0.05, 0.1) is 4.34 Å². The lowest BCUT2D eigenvalue weighted by atomic mass is 9.89. The van der Waals surface area contributed by atoms with E-state index in [0.29, 0.717) is 15.9 Å². The molecule has 1 aliphatic carbocycles. The fourth-order valence-electron chi connectivity index (χ4n) is 4.79. The number of likely N-dealkylation sites (tertiary alicyclic amines) is 1. The molecule has 1 aliphatic heterocycles. The summed E-state index contributed by atoms with van der Waals surface area (Å²) in [5.74, 6) is 0.693. The highest BCUT2D eigenvalue weighted by Gasteiger charge is 2.30. The highest BCUT2D eigenvalue weighted by Crippen LogP contribution is 2.33. The van der Waals surface area contributed by atoms with Crippen LogP contribution in [0.2, 0.25) is 4.34 Å². The summed E-state index contributed by atoms with van der Waals surface area (Å²) in [5, 5.41) is 15.6. The molecule has 11 heteroatoms. The maximum Gasteiger partial charge on any atom is 0.291 e. The first-order chi connectivity index (χ1) is 16.3. The molecule has 2 N–H and O–H groups in total. The highest BCUT2D eigenvalue weighted by atomic mass is 35.5. The average molecular weight is 508 g/mol. The van der Waals surface area contributed by atoms with Gasteiger partial charge in [-0.15, -0.1) is 11.3 Å². The van der Waals surface area contributed by atoms with E-state index in [-0.39, 0.29) is 36.4 Å². The normalized spacial score (nSPS) is 19.1. The minimum absolute atomic E-state index is 0.0609. The van der Waals surface area contributed by atoms with Crippen LogP contribution in [0.1, 0.15) is 57.7 Å². The summed E-state index contributed by atoms with van der Waals surface area (Å²) in [7, 11) is 0. The number of carbonyl (C=O) groups is 2. The molecule has 1 saturated carbocycles. The summed E-state index contributed by atoms with van der Waals surface area (Å²) in [4.78, 5) is 37.8. The Morgan fingerprint density at radius 1 is 1.32 bits per heavy atom. The van der Waals surface area contributed by atoms with Crippen LogP contribution >= 0.6 is 22.9 Å². The third-order valence-corrected chi connectivity index (χ3v) is 7.84. The van der Waals surface area contributed by atoms with Crippen LogP contribution in [0, 0.1) is 0 Å². The Labute approximate surface area is 206 Å². The van der Waals surface area contributed by atoms with Crippen LogP contribution in [0.15, 0.2) is 16.9 Å². The van der Waals surface area contributed by atoms with Crippen molar-refractivity contribution < 1.29 is 14.7 Å². The summed E-state index contributed by atoms with van der Waals surface area (Å²) < 4.78 is 3.89. The van der Waals surface area contributed by atoms with Crippen LogP contribution in [0.25, 0.3) is 15.7 Å². The average Bonchev–Trinajstić information content (AvgIpc) is 3.26. The Morgan fingerprint density at radius 3 is 2.71 bits per heavy atom. The summed E-state index contributed by atoms with van der Waals surface area (Å²) in [6.07, 6.45) is 5.96. The van der Waals surface area contributed by atoms with Crippen LogP contribution in [-0.4, -0.2) is 61.7 Å². The van der Waals surface area contributed by atoms with Crippen LogP contribution in [0.4, 0.5) is 0 Å². The zero-order valence-electron chi connectivity index (χ0n) is 19.4. The Balaban J connectivity index is 0.000000868. The number of nitrogens with one attached hydrogen (secondary N) is 1. The Morgan fingerprint density at radius 2 is 2.06 bits per heavy atom. The van der Waals surface area contributed by atoms with Crippen molar-refractivity contribution in [2.75, 3.05) is 13.1 Å². The van der Waals surface area contributed by atoms with Crippen molar-refractivity contribution in [3.8, 4) is 0 Å². The van der Waals surface area contributed by atoms with Gasteiger partial charge in [0.1, 0.15) is 22.7 Å². The molecule has 0 unspecified atom stereocenters. The van der Waals surface area contributed by atoms with E-state index in [9.17, 15) is 9.59 Å². The van der Waals surface area contributed by atoms with E-state index in [1.54, 1.807) is 0 Å². The number of carbonyl (C=O) groups excluding carboxylic acids is 1. The van der Waals surface area contributed by atoms with E-state index in [1.165, 1.54) is 35.3 Å². The van der Waals surface area contributed by atoms with Crippen molar-refractivity contribution in [2.24, 2.45) is 0 Å². The largest absolute Gasteiger partial charge is 0.483 e. The van der Waals surface area contributed by atoms with Gasteiger partial charge in [-0.3, -0.25) is 23.7 Å². The standard InChI is InChI=1S/C22H28ClN5O2S.CH2O2/c1-13(2)20-25-27(21(30)17-9-14-10-18(23)31-22(14)28(17)20)12-19(29)24-15-5-4-8-26(11-15)16-6-3-7-16;2-1-3/h9-10,13,15-16H,3-8,11-12H2,1-2H3,(H,24,29);1H,(H,2,3)/t15-;/m1./s1. The van der Waals surface area contributed by atoms with Gasteiger partial charge in [-0.25, -0.2) is 4.68 Å². The van der Waals surface area contributed by atoms with E-state index in [4.69, 9.17) is 21.5 Å². The monoisotopic (exact) mass is 507 g/mol. The molecule has 0 spiro atoms. The zero-order valence-corrected chi connectivity index (χ0v) is 20.9. The second-order valence-corrected chi connectivity index (χ2v) is 10.9. The summed E-state index contributed by atoms with van der Waals surface area (Å²) in [5.41, 5.74) is 0.289. The molecule has 184 valence electrons. The van der Waals surface area contributed by atoms with Gasteiger partial charge in [0.15, 0.2) is 0 Å². The van der Waals surface area contributed by atoms with Crippen molar-refractivity contribution in [2.45, 2.75) is 70.5 Å². The molecule has 0 bridgehead atoms. The van der Waals surface area contributed by atoms with Crippen LogP contribution < -0.4 is 10.9 Å². The second-order valence-electron chi connectivity index (χ2n) is 9.24. The quantitative estimate of drug-likeness (QED) is 0.513. The number of thiophene rings is 1. The number of aromatic nitrogens is 3. The van der Waals surface area contributed by atoms with Crippen molar-refractivity contribution in [1.29, 1.82) is 0 Å². The molecule has 0 radical (unpaired) electrons. The lowest BCUT2D eigenvalue weighted by molar-refractivity contribution is -0.123. The number of nitrogens with zero attached hydrogens (tertiary/aromatic N) is 4. The summed E-state index contributed by atoms with van der Waals surface area (Å²) in [6, 6.07) is 4.55. The van der Waals surface area contributed by atoms with Crippen molar-refractivity contribution in [1.82, 2.24) is 24.4 Å². The smallest absolute Gasteiger partial charge is 0.291 e. The third-order valence-electron chi connectivity index (χ3n) is 6.57. The second kappa shape index (κ2) is 10.5. The molecule has 0 aromatic carbocycles. The first kappa shape index (κ1) is 24.7. The summed E-state index contributed by atoms with van der Waals surface area (Å²) in [6.45, 7) is 5.80. The molecule has 5 rings (SSSR count). The maximum atomic E-state index is 13.1. The van der Waals surface area contributed by atoms with Crippen molar-refractivity contribution >= 4 is 51.1 Å². The molecule has 3 aromatic heterocycles. The van der Waals surface area contributed by atoms with Crippen LogP contribution in [0.5, 0.6) is 0 Å². The lowest BCUT2D eigenvalue weighted by Gasteiger charge is -2.42. The molecular formula is C23H30ClN5O4S. The number of fused-ring (bicyclic) bond motifs is 3. The van der Waals surface area contributed by atoms with Crippen molar-refractivity contribution in [3.63, 3.8) is 0 Å². The number of halogens is 1. The maximum absolute atomic E-state index is 13.1. The molecule has 2 fully saturated rings. The SMILES string of the molecule is CC(C)c1nn(CC(=O)N[C@@H]2CCCN(C3CCC3)C2)c(=O)c2cc3cc(Cl)sc3n12.O=CO. The molecule has 1 saturated heterocycles. The van der Waals surface area contributed by atoms with Crippen molar-refractivity contribution in [3.05, 3.63) is 32.6 Å². The number of hydrogen-bond donors (Lipinski definition) is 2. The van der Waals surface area contributed by atoms with Gasteiger partial charge in [0.2, 0.25) is 5.91 Å². The van der Waals surface area contributed by atoms with Gasteiger partial charge >= 0.3 is 0 Å². The van der Waals surface area contributed by atoms with E-state index < -0.39 is 0 Å². The van der Waals surface area contributed by atoms with Crippen LogP contribution in [-0.2, 0) is 16.1 Å². The van der Waals surface area contributed by atoms with E-state index in [2.05, 4.69) is 15.3 Å². The predicted molar refractivity (Wildman–Crippen MR) is 133 cm³/mol. The Hall–Kier alpha value is -2.43. The molecule has 1 atom stereocenters. The predicted octanol–water partition coefficient (Wildman–Crippen LogP) is 3.32. The number of carboxylic acid groups (broad SMARTS) is 1.